The average Bonchev–Trinajstić information content (AvgIpc) is 3.34. The molecule has 140 valence electrons. The smallest absolute Gasteiger partial charge is 0.267 e. The van der Waals surface area contributed by atoms with Crippen molar-refractivity contribution in [3.05, 3.63) is 63.3 Å². The Hall–Kier alpha value is -2.71. The van der Waals surface area contributed by atoms with Crippen molar-refractivity contribution in [2.75, 3.05) is 19.0 Å². The standard InChI is InChI=1S/C19H19N3O3S2/c1-25-15-6-3-2-5-13(15)8-9-20-17(23)11-14-12-27-19(21-14)22-18(24)16-7-4-10-26-16/h2-7,10,12H,8-9,11H2,1H3,(H,20,23)(H,21,22,24). The third-order valence-corrected chi connectivity index (χ3v) is 5.44. The number of nitrogens with one attached hydrogen (secondary N) is 2. The molecule has 8 heteroatoms. The van der Waals surface area contributed by atoms with Gasteiger partial charge in [0.2, 0.25) is 5.91 Å². The number of amides is 2. The highest BCUT2D eigenvalue weighted by atomic mass is 32.1. The fourth-order valence-corrected chi connectivity index (χ4v) is 3.81. The number of carbonyl (C=O) groups is 2. The second kappa shape index (κ2) is 9.29. The predicted molar refractivity (Wildman–Crippen MR) is 108 cm³/mol. The number of rotatable bonds is 8. The number of anilines is 1. The summed E-state index contributed by atoms with van der Waals surface area (Å²) >= 11 is 2.68. The lowest BCUT2D eigenvalue weighted by Crippen LogP contribution is -2.27. The first-order valence-corrected chi connectivity index (χ1v) is 10.1. The van der Waals surface area contributed by atoms with E-state index in [-0.39, 0.29) is 18.2 Å². The van der Waals surface area contributed by atoms with Gasteiger partial charge < -0.3 is 10.1 Å². The van der Waals surface area contributed by atoms with Crippen LogP contribution in [-0.4, -0.2) is 30.5 Å². The van der Waals surface area contributed by atoms with Crippen molar-refractivity contribution in [1.29, 1.82) is 0 Å². The molecule has 0 aliphatic heterocycles. The Labute approximate surface area is 165 Å². The quantitative estimate of drug-likeness (QED) is 0.606. The van der Waals surface area contributed by atoms with Crippen LogP contribution in [0, 0.1) is 0 Å². The van der Waals surface area contributed by atoms with E-state index in [4.69, 9.17) is 4.74 Å². The number of thiophene rings is 1. The molecule has 0 saturated heterocycles. The maximum atomic E-state index is 12.1. The zero-order chi connectivity index (χ0) is 19.1. The summed E-state index contributed by atoms with van der Waals surface area (Å²) in [4.78, 5) is 29.1. The van der Waals surface area contributed by atoms with Crippen LogP contribution in [-0.2, 0) is 17.6 Å². The van der Waals surface area contributed by atoms with Gasteiger partial charge in [-0.1, -0.05) is 24.3 Å². The molecule has 0 radical (unpaired) electrons. The number of hydrogen-bond acceptors (Lipinski definition) is 6. The molecule has 27 heavy (non-hydrogen) atoms. The van der Waals surface area contributed by atoms with Crippen molar-refractivity contribution in [3.8, 4) is 5.75 Å². The molecule has 0 saturated carbocycles. The van der Waals surface area contributed by atoms with E-state index in [1.54, 1.807) is 18.6 Å². The van der Waals surface area contributed by atoms with Gasteiger partial charge in [-0.3, -0.25) is 14.9 Å². The van der Waals surface area contributed by atoms with Crippen LogP contribution in [0.1, 0.15) is 20.9 Å². The van der Waals surface area contributed by atoms with Crippen LogP contribution in [0.3, 0.4) is 0 Å². The molecule has 2 aromatic heterocycles. The lowest BCUT2D eigenvalue weighted by Gasteiger charge is -2.08. The van der Waals surface area contributed by atoms with E-state index in [1.807, 2.05) is 35.7 Å². The Morgan fingerprint density at radius 1 is 1.15 bits per heavy atom. The Balaban J connectivity index is 1.46. The zero-order valence-corrected chi connectivity index (χ0v) is 16.4. The Morgan fingerprint density at radius 3 is 2.78 bits per heavy atom. The van der Waals surface area contributed by atoms with Gasteiger partial charge in [0.15, 0.2) is 5.13 Å². The molecule has 0 aliphatic carbocycles. The van der Waals surface area contributed by atoms with Gasteiger partial charge in [0, 0.05) is 11.9 Å². The topological polar surface area (TPSA) is 80.3 Å². The minimum Gasteiger partial charge on any atom is -0.496 e. The average molecular weight is 402 g/mol. The van der Waals surface area contributed by atoms with Gasteiger partial charge in [0.25, 0.3) is 5.91 Å². The Bertz CT molecular complexity index is 907. The number of para-hydroxylation sites is 1. The number of thiazole rings is 1. The predicted octanol–water partition coefficient (Wildman–Crippen LogP) is 3.37. The molecule has 2 amide bonds. The van der Waals surface area contributed by atoms with Crippen LogP contribution >= 0.6 is 22.7 Å². The molecule has 0 aliphatic rings. The van der Waals surface area contributed by atoms with Crippen LogP contribution in [0.4, 0.5) is 5.13 Å². The second-order valence-electron chi connectivity index (χ2n) is 5.66. The molecule has 3 rings (SSSR count). The largest absolute Gasteiger partial charge is 0.496 e. The Kier molecular flexibility index (Phi) is 6.56. The third-order valence-electron chi connectivity index (χ3n) is 3.77. The van der Waals surface area contributed by atoms with Crippen LogP contribution < -0.4 is 15.4 Å². The first-order valence-electron chi connectivity index (χ1n) is 8.33. The number of ether oxygens (including phenoxy) is 1. The molecule has 0 bridgehead atoms. The van der Waals surface area contributed by atoms with Crippen LogP contribution in [0.2, 0.25) is 0 Å². The molecule has 0 spiro atoms. The minimum atomic E-state index is -0.188. The van der Waals surface area contributed by atoms with E-state index >= 15 is 0 Å². The van der Waals surface area contributed by atoms with E-state index in [2.05, 4.69) is 15.6 Å². The summed E-state index contributed by atoms with van der Waals surface area (Å²) in [5.74, 6) is 0.524. The first kappa shape index (κ1) is 19.1. The maximum Gasteiger partial charge on any atom is 0.267 e. The monoisotopic (exact) mass is 401 g/mol. The molecule has 6 nitrogen and oxygen atoms in total. The number of aromatic nitrogens is 1. The summed E-state index contributed by atoms with van der Waals surface area (Å²) in [6.45, 7) is 0.519. The lowest BCUT2D eigenvalue weighted by molar-refractivity contribution is -0.120. The number of hydrogen-bond donors (Lipinski definition) is 2. The fourth-order valence-electron chi connectivity index (χ4n) is 2.49. The van der Waals surface area contributed by atoms with Crippen molar-refractivity contribution < 1.29 is 14.3 Å². The highest BCUT2D eigenvalue weighted by molar-refractivity contribution is 7.14. The minimum absolute atomic E-state index is 0.105. The normalized spacial score (nSPS) is 10.4. The molecule has 3 aromatic rings. The van der Waals surface area contributed by atoms with Crippen molar-refractivity contribution in [2.45, 2.75) is 12.8 Å². The van der Waals surface area contributed by atoms with E-state index < -0.39 is 0 Å². The van der Waals surface area contributed by atoms with Crippen LogP contribution in [0.25, 0.3) is 0 Å². The molecule has 0 fully saturated rings. The van der Waals surface area contributed by atoms with E-state index in [0.717, 1.165) is 11.3 Å². The number of nitrogens with zero attached hydrogens (tertiary/aromatic N) is 1. The van der Waals surface area contributed by atoms with Gasteiger partial charge in [0.1, 0.15) is 5.75 Å². The second-order valence-corrected chi connectivity index (χ2v) is 7.47. The summed E-state index contributed by atoms with van der Waals surface area (Å²) in [5.41, 5.74) is 1.68. The summed E-state index contributed by atoms with van der Waals surface area (Å²) < 4.78 is 5.30. The van der Waals surface area contributed by atoms with Gasteiger partial charge in [-0.2, -0.15) is 0 Å². The number of methoxy groups -OCH3 is 1. The highest BCUT2D eigenvalue weighted by Gasteiger charge is 2.12. The van der Waals surface area contributed by atoms with E-state index in [1.165, 1.54) is 22.7 Å². The summed E-state index contributed by atoms with van der Waals surface area (Å²) in [6, 6.07) is 11.3. The fraction of sp³-hybridized carbons (Fsp3) is 0.211. The van der Waals surface area contributed by atoms with Crippen molar-refractivity contribution >= 4 is 39.6 Å². The van der Waals surface area contributed by atoms with Gasteiger partial charge in [-0.25, -0.2) is 4.98 Å². The van der Waals surface area contributed by atoms with Gasteiger partial charge in [0.05, 0.1) is 24.1 Å². The van der Waals surface area contributed by atoms with Crippen molar-refractivity contribution in [2.24, 2.45) is 0 Å². The molecule has 2 heterocycles. The van der Waals surface area contributed by atoms with Gasteiger partial charge >= 0.3 is 0 Å². The number of carbonyl (C=O) groups excluding carboxylic acids is 2. The molecular formula is C19H19N3O3S2. The van der Waals surface area contributed by atoms with Gasteiger partial charge in [-0.15, -0.1) is 22.7 Å². The summed E-state index contributed by atoms with van der Waals surface area (Å²) in [6.07, 6.45) is 0.867. The van der Waals surface area contributed by atoms with Gasteiger partial charge in [-0.05, 0) is 29.5 Å². The first-order chi connectivity index (χ1) is 13.2. The van der Waals surface area contributed by atoms with E-state index in [0.29, 0.717) is 28.7 Å². The Morgan fingerprint density at radius 2 is 2.00 bits per heavy atom. The third kappa shape index (κ3) is 5.38. The van der Waals surface area contributed by atoms with Crippen LogP contribution in [0.15, 0.2) is 47.2 Å². The zero-order valence-electron chi connectivity index (χ0n) is 14.7. The molecule has 0 unspecified atom stereocenters. The summed E-state index contributed by atoms with van der Waals surface area (Å²) in [7, 11) is 1.63. The highest BCUT2D eigenvalue weighted by Crippen LogP contribution is 2.19. The number of benzene rings is 1. The molecule has 1 aromatic carbocycles. The maximum absolute atomic E-state index is 12.1. The SMILES string of the molecule is COc1ccccc1CCNC(=O)Cc1csc(NC(=O)c2cccs2)n1. The molecule has 0 atom stereocenters. The molecular weight excluding hydrogens is 382 g/mol. The van der Waals surface area contributed by atoms with Crippen molar-refractivity contribution in [3.63, 3.8) is 0 Å². The molecule has 2 N–H and O–H groups in total. The van der Waals surface area contributed by atoms with Crippen LogP contribution in [0.5, 0.6) is 5.75 Å². The van der Waals surface area contributed by atoms with Crippen molar-refractivity contribution in [1.82, 2.24) is 10.3 Å². The van der Waals surface area contributed by atoms with E-state index in [9.17, 15) is 9.59 Å². The summed E-state index contributed by atoms with van der Waals surface area (Å²) in [5, 5.41) is 9.75. The lowest BCUT2D eigenvalue weighted by atomic mass is 10.1.